The Morgan fingerprint density at radius 2 is 1.46 bits per heavy atom. The van der Waals surface area contributed by atoms with Crippen molar-refractivity contribution in [1.29, 1.82) is 0 Å². The van der Waals surface area contributed by atoms with Gasteiger partial charge in [-0.1, -0.05) is 19.6 Å². The Balaban J connectivity index is 0. The summed E-state index contributed by atoms with van der Waals surface area (Å²) >= 11 is 0. The van der Waals surface area contributed by atoms with Crippen LogP contribution >= 0.6 is 0 Å². The van der Waals surface area contributed by atoms with Gasteiger partial charge < -0.3 is 0 Å². The van der Waals surface area contributed by atoms with Crippen molar-refractivity contribution in [2.75, 3.05) is 0 Å². The van der Waals surface area contributed by atoms with Crippen LogP contribution in [0.2, 0.25) is 19.6 Å². The van der Waals surface area contributed by atoms with Crippen LogP contribution in [-0.2, 0) is 10.0 Å². The third-order valence-electron chi connectivity index (χ3n) is 0.745. The second-order valence-corrected chi connectivity index (χ2v) is 10.1. The molecule has 0 spiro atoms. The predicted molar refractivity (Wildman–Crippen MR) is 48.6 cm³/mol. The first kappa shape index (κ1) is 16.0. The van der Waals surface area contributed by atoms with E-state index >= 15 is 0 Å². The quantitative estimate of drug-likeness (QED) is 0.705. The number of rotatable bonds is 2. The summed E-state index contributed by atoms with van der Waals surface area (Å²) in [5, 5.41) is 0. The third-order valence-corrected chi connectivity index (χ3v) is 4.88. The van der Waals surface area contributed by atoms with Crippen molar-refractivity contribution in [2.45, 2.75) is 25.1 Å². The van der Waals surface area contributed by atoms with Gasteiger partial charge >= 0.3 is 34.4 Å². The molecule has 0 saturated carbocycles. The molecule has 13 heavy (non-hydrogen) atoms. The standard InChI is InChI=1S/C4H10F3NO2SSi.Li.H/c1-12(2,3)8-11(9,10)4(5,6)7;;/h8H,1-3H3;;. The van der Waals surface area contributed by atoms with Gasteiger partial charge in [-0.2, -0.15) is 13.2 Å². The van der Waals surface area contributed by atoms with Gasteiger partial charge in [0.1, 0.15) is 8.24 Å². The van der Waals surface area contributed by atoms with Crippen LogP contribution in [0.15, 0.2) is 0 Å². The van der Waals surface area contributed by atoms with Gasteiger partial charge in [0, 0.05) is 0 Å². The van der Waals surface area contributed by atoms with Crippen LogP contribution in [0.25, 0.3) is 0 Å². The van der Waals surface area contributed by atoms with Gasteiger partial charge in [-0.15, -0.1) is 0 Å². The molecule has 0 radical (unpaired) electrons. The van der Waals surface area contributed by atoms with Crippen LogP contribution in [0.1, 0.15) is 0 Å². The summed E-state index contributed by atoms with van der Waals surface area (Å²) in [4.78, 5) is 0. The van der Waals surface area contributed by atoms with Crippen molar-refractivity contribution < 1.29 is 21.6 Å². The molecule has 0 aromatic heterocycles. The van der Waals surface area contributed by atoms with E-state index in [1.54, 1.807) is 4.39 Å². The summed E-state index contributed by atoms with van der Waals surface area (Å²) in [6.07, 6.45) is 0. The summed E-state index contributed by atoms with van der Waals surface area (Å²) in [5.41, 5.74) is -5.20. The molecule has 0 aromatic carbocycles. The molecule has 0 fully saturated rings. The van der Waals surface area contributed by atoms with Gasteiger partial charge in [-0.3, -0.25) is 0 Å². The fourth-order valence-corrected chi connectivity index (χ4v) is 4.15. The molecule has 0 unspecified atom stereocenters. The van der Waals surface area contributed by atoms with Crippen LogP contribution in [0.4, 0.5) is 13.2 Å². The van der Waals surface area contributed by atoms with Gasteiger partial charge in [0.25, 0.3) is 0 Å². The molecule has 0 bridgehead atoms. The fraction of sp³-hybridized carbons (Fsp3) is 1.00. The monoisotopic (exact) mass is 229 g/mol. The third kappa shape index (κ3) is 5.75. The Bertz CT molecular complexity index is 258. The first-order chi connectivity index (χ1) is 4.96. The zero-order valence-electron chi connectivity index (χ0n) is 6.86. The van der Waals surface area contributed by atoms with E-state index in [9.17, 15) is 21.6 Å². The molecule has 0 rings (SSSR count). The molecular formula is C4H11F3LiNO2SSi. The number of hydrogen-bond acceptors (Lipinski definition) is 2. The second-order valence-electron chi connectivity index (χ2n) is 3.30. The summed E-state index contributed by atoms with van der Waals surface area (Å²) in [7, 11) is -7.60. The zero-order valence-corrected chi connectivity index (χ0v) is 8.68. The zero-order chi connectivity index (χ0) is 10.2. The molecule has 0 aliphatic heterocycles. The van der Waals surface area contributed by atoms with Crippen molar-refractivity contribution in [3.63, 3.8) is 0 Å². The van der Waals surface area contributed by atoms with Crippen molar-refractivity contribution in [1.82, 2.24) is 4.39 Å². The van der Waals surface area contributed by atoms with E-state index in [1.807, 2.05) is 0 Å². The maximum atomic E-state index is 11.7. The van der Waals surface area contributed by atoms with Gasteiger partial charge in [0.05, 0.1) is 0 Å². The molecule has 0 aromatic rings. The Hall–Kier alpha value is 0.514. The molecule has 1 N–H and O–H groups in total. The molecule has 76 valence electrons. The molecule has 0 amide bonds. The summed E-state index contributed by atoms with van der Waals surface area (Å²) < 4.78 is 57.8. The van der Waals surface area contributed by atoms with Crippen molar-refractivity contribution >= 4 is 37.1 Å². The van der Waals surface area contributed by atoms with E-state index in [0.717, 1.165) is 0 Å². The average molecular weight is 229 g/mol. The van der Waals surface area contributed by atoms with Crippen molar-refractivity contribution in [2.24, 2.45) is 0 Å². The molecule has 0 heterocycles. The summed E-state index contributed by atoms with van der Waals surface area (Å²) in [6.45, 7) is 4.41. The second kappa shape index (κ2) is 4.36. The number of sulfonamides is 1. The van der Waals surface area contributed by atoms with Crippen molar-refractivity contribution in [3.05, 3.63) is 0 Å². The van der Waals surface area contributed by atoms with Crippen LogP contribution in [0, 0.1) is 0 Å². The topological polar surface area (TPSA) is 46.2 Å². The molecule has 0 aliphatic rings. The molecule has 0 atom stereocenters. The molecular weight excluding hydrogens is 218 g/mol. The number of hydrogen-bond donors (Lipinski definition) is 1. The summed E-state index contributed by atoms with van der Waals surface area (Å²) in [5.74, 6) is 0. The maximum absolute atomic E-state index is 11.7. The van der Waals surface area contributed by atoms with E-state index in [1.165, 1.54) is 19.6 Å². The van der Waals surface area contributed by atoms with Crippen LogP contribution < -0.4 is 4.39 Å². The fourth-order valence-electron chi connectivity index (χ4n) is 0.461. The van der Waals surface area contributed by atoms with E-state index in [2.05, 4.69) is 0 Å². The van der Waals surface area contributed by atoms with E-state index in [4.69, 9.17) is 0 Å². The SMILES string of the molecule is C[Si](C)(C)NS(=O)(=O)C(F)(F)F.[LiH]. The number of alkyl halides is 3. The Morgan fingerprint density at radius 3 is 1.54 bits per heavy atom. The van der Waals surface area contributed by atoms with Gasteiger partial charge in [-0.05, 0) is 0 Å². The van der Waals surface area contributed by atoms with E-state index in [0.29, 0.717) is 0 Å². The minimum absolute atomic E-state index is 0. The molecule has 0 saturated heterocycles. The molecule has 3 nitrogen and oxygen atoms in total. The predicted octanol–water partition coefficient (Wildman–Crippen LogP) is 0.612. The number of halogens is 3. The Kier molecular flexibility index (Phi) is 5.35. The number of nitrogens with one attached hydrogen (secondary N) is 1. The van der Waals surface area contributed by atoms with Crippen molar-refractivity contribution in [3.8, 4) is 0 Å². The normalized spacial score (nSPS) is 13.7. The van der Waals surface area contributed by atoms with E-state index < -0.39 is 23.8 Å². The van der Waals surface area contributed by atoms with Crippen LogP contribution in [0.3, 0.4) is 0 Å². The first-order valence-corrected chi connectivity index (χ1v) is 8.04. The van der Waals surface area contributed by atoms with Gasteiger partial charge in [0.2, 0.25) is 0 Å². The minimum atomic E-state index is -5.20. The first-order valence-electron chi connectivity index (χ1n) is 3.06. The van der Waals surface area contributed by atoms with Crippen LogP contribution in [-0.4, -0.2) is 41.0 Å². The Morgan fingerprint density at radius 1 is 1.15 bits per heavy atom. The van der Waals surface area contributed by atoms with Crippen LogP contribution in [0.5, 0.6) is 0 Å². The average Bonchev–Trinajstić information content (AvgIpc) is 1.52. The molecule has 9 heteroatoms. The summed E-state index contributed by atoms with van der Waals surface area (Å²) in [6, 6.07) is 0. The van der Waals surface area contributed by atoms with Gasteiger partial charge in [-0.25, -0.2) is 12.8 Å². The van der Waals surface area contributed by atoms with E-state index in [-0.39, 0.29) is 18.9 Å². The molecule has 0 aliphatic carbocycles. The Labute approximate surface area is 88.4 Å². The van der Waals surface area contributed by atoms with Gasteiger partial charge in [0.15, 0.2) is 0 Å².